The smallest absolute Gasteiger partial charge is 0.226 e. The molecule has 1 heterocycles. The molecule has 1 aromatic carbocycles. The van der Waals surface area contributed by atoms with Crippen molar-refractivity contribution in [3.05, 3.63) is 30.3 Å². The van der Waals surface area contributed by atoms with Crippen molar-refractivity contribution in [3.8, 4) is 0 Å². The molecule has 1 saturated heterocycles. The van der Waals surface area contributed by atoms with Crippen LogP contribution in [0.3, 0.4) is 0 Å². The van der Waals surface area contributed by atoms with E-state index in [0.29, 0.717) is 12.5 Å². The SMILES string of the molecule is CCC(=O)N(c1ccccc1)C1CCCNCC1. The van der Waals surface area contributed by atoms with Crippen molar-refractivity contribution in [2.75, 3.05) is 18.0 Å². The molecule has 1 N–H and O–H groups in total. The summed E-state index contributed by atoms with van der Waals surface area (Å²) < 4.78 is 0. The Morgan fingerprint density at radius 1 is 1.28 bits per heavy atom. The molecule has 1 atom stereocenters. The highest BCUT2D eigenvalue weighted by Gasteiger charge is 2.24. The number of hydrogen-bond acceptors (Lipinski definition) is 2. The molecule has 1 fully saturated rings. The molecule has 0 bridgehead atoms. The minimum Gasteiger partial charge on any atom is -0.317 e. The van der Waals surface area contributed by atoms with E-state index in [-0.39, 0.29) is 5.91 Å². The van der Waals surface area contributed by atoms with Crippen molar-refractivity contribution in [2.24, 2.45) is 0 Å². The van der Waals surface area contributed by atoms with Crippen LogP contribution in [-0.4, -0.2) is 25.0 Å². The molecular weight excluding hydrogens is 224 g/mol. The molecule has 1 unspecified atom stereocenters. The molecule has 2 rings (SSSR count). The molecule has 1 aliphatic heterocycles. The summed E-state index contributed by atoms with van der Waals surface area (Å²) in [6.07, 6.45) is 3.85. The molecule has 1 aliphatic rings. The summed E-state index contributed by atoms with van der Waals surface area (Å²) >= 11 is 0. The van der Waals surface area contributed by atoms with Crippen LogP contribution < -0.4 is 10.2 Å². The third kappa shape index (κ3) is 3.10. The van der Waals surface area contributed by atoms with Gasteiger partial charge < -0.3 is 10.2 Å². The van der Waals surface area contributed by atoms with E-state index in [4.69, 9.17) is 0 Å². The first-order valence-corrected chi connectivity index (χ1v) is 6.90. The molecular formula is C15H22N2O. The molecule has 0 radical (unpaired) electrons. The third-order valence-electron chi connectivity index (χ3n) is 3.52. The Morgan fingerprint density at radius 3 is 2.78 bits per heavy atom. The van der Waals surface area contributed by atoms with Crippen LogP contribution in [0.25, 0.3) is 0 Å². The topological polar surface area (TPSA) is 32.3 Å². The molecule has 3 heteroatoms. The summed E-state index contributed by atoms with van der Waals surface area (Å²) in [4.78, 5) is 14.2. The maximum absolute atomic E-state index is 12.2. The van der Waals surface area contributed by atoms with E-state index in [2.05, 4.69) is 5.32 Å². The molecule has 1 amide bonds. The van der Waals surface area contributed by atoms with Gasteiger partial charge in [0.05, 0.1) is 0 Å². The van der Waals surface area contributed by atoms with Gasteiger partial charge >= 0.3 is 0 Å². The van der Waals surface area contributed by atoms with Gasteiger partial charge in [0, 0.05) is 18.2 Å². The zero-order valence-corrected chi connectivity index (χ0v) is 11.1. The van der Waals surface area contributed by atoms with Crippen LogP contribution in [0.2, 0.25) is 0 Å². The van der Waals surface area contributed by atoms with Gasteiger partial charge in [-0.15, -0.1) is 0 Å². The summed E-state index contributed by atoms with van der Waals surface area (Å²) in [6.45, 7) is 4.01. The molecule has 0 aromatic heterocycles. The predicted molar refractivity (Wildman–Crippen MR) is 74.7 cm³/mol. The Hall–Kier alpha value is -1.35. The summed E-state index contributed by atoms with van der Waals surface area (Å²) in [5.74, 6) is 0.230. The molecule has 1 aromatic rings. The van der Waals surface area contributed by atoms with Crippen LogP contribution in [0.4, 0.5) is 5.69 Å². The first kappa shape index (κ1) is 13.1. The monoisotopic (exact) mass is 246 g/mol. The fraction of sp³-hybridized carbons (Fsp3) is 0.533. The standard InChI is InChI=1S/C15H22N2O/c1-2-15(18)17(13-7-4-3-5-8-13)14-9-6-11-16-12-10-14/h3-5,7-8,14,16H,2,6,9-12H2,1H3. The fourth-order valence-electron chi connectivity index (χ4n) is 2.58. The van der Waals surface area contributed by atoms with E-state index < -0.39 is 0 Å². The molecule has 0 aliphatic carbocycles. The first-order chi connectivity index (χ1) is 8.83. The van der Waals surface area contributed by atoms with Crippen LogP contribution >= 0.6 is 0 Å². The summed E-state index contributed by atoms with van der Waals surface area (Å²) in [6, 6.07) is 10.4. The summed E-state index contributed by atoms with van der Waals surface area (Å²) in [5, 5.41) is 3.40. The number of nitrogens with zero attached hydrogens (tertiary/aromatic N) is 1. The van der Waals surface area contributed by atoms with Gasteiger partial charge in [-0.3, -0.25) is 4.79 Å². The Morgan fingerprint density at radius 2 is 2.06 bits per heavy atom. The number of carbonyl (C=O) groups is 1. The quantitative estimate of drug-likeness (QED) is 0.889. The molecule has 18 heavy (non-hydrogen) atoms. The van der Waals surface area contributed by atoms with Gasteiger partial charge in [0.15, 0.2) is 0 Å². The minimum atomic E-state index is 0.230. The van der Waals surface area contributed by atoms with E-state index in [1.165, 1.54) is 0 Å². The van der Waals surface area contributed by atoms with Gasteiger partial charge in [0.2, 0.25) is 5.91 Å². The van der Waals surface area contributed by atoms with Gasteiger partial charge in [-0.1, -0.05) is 25.1 Å². The zero-order chi connectivity index (χ0) is 12.8. The second-order valence-electron chi connectivity index (χ2n) is 4.79. The normalized spacial score (nSPS) is 20.2. The van der Waals surface area contributed by atoms with Gasteiger partial charge in [-0.25, -0.2) is 0 Å². The van der Waals surface area contributed by atoms with Crippen molar-refractivity contribution in [3.63, 3.8) is 0 Å². The highest BCUT2D eigenvalue weighted by atomic mass is 16.2. The number of para-hydroxylation sites is 1. The molecule has 3 nitrogen and oxygen atoms in total. The number of amides is 1. The number of anilines is 1. The van der Waals surface area contributed by atoms with E-state index in [0.717, 1.165) is 38.0 Å². The highest BCUT2D eigenvalue weighted by Crippen LogP contribution is 2.23. The molecule has 98 valence electrons. The van der Waals surface area contributed by atoms with Crippen molar-refractivity contribution in [2.45, 2.75) is 38.6 Å². The molecule has 0 spiro atoms. The number of nitrogens with one attached hydrogen (secondary N) is 1. The number of benzene rings is 1. The third-order valence-corrected chi connectivity index (χ3v) is 3.52. The minimum absolute atomic E-state index is 0.230. The van der Waals surface area contributed by atoms with Gasteiger partial charge in [0.25, 0.3) is 0 Å². The second-order valence-corrected chi connectivity index (χ2v) is 4.79. The lowest BCUT2D eigenvalue weighted by Gasteiger charge is -2.31. The van der Waals surface area contributed by atoms with Crippen molar-refractivity contribution < 1.29 is 4.79 Å². The Labute approximate surface area is 109 Å². The van der Waals surface area contributed by atoms with Crippen LogP contribution in [0.5, 0.6) is 0 Å². The van der Waals surface area contributed by atoms with Crippen LogP contribution in [0.15, 0.2) is 30.3 Å². The van der Waals surface area contributed by atoms with E-state index in [9.17, 15) is 4.79 Å². The van der Waals surface area contributed by atoms with Gasteiger partial charge in [-0.2, -0.15) is 0 Å². The summed E-state index contributed by atoms with van der Waals surface area (Å²) in [7, 11) is 0. The number of rotatable bonds is 3. The van der Waals surface area contributed by atoms with Crippen LogP contribution in [0, 0.1) is 0 Å². The fourth-order valence-corrected chi connectivity index (χ4v) is 2.58. The predicted octanol–water partition coefficient (Wildman–Crippen LogP) is 2.57. The maximum atomic E-state index is 12.2. The first-order valence-electron chi connectivity index (χ1n) is 6.90. The average molecular weight is 246 g/mol. The van der Waals surface area contributed by atoms with E-state index in [1.807, 2.05) is 42.2 Å². The van der Waals surface area contributed by atoms with Crippen LogP contribution in [0.1, 0.15) is 32.6 Å². The molecule has 0 saturated carbocycles. The highest BCUT2D eigenvalue weighted by molar-refractivity contribution is 5.93. The Balaban J connectivity index is 2.21. The van der Waals surface area contributed by atoms with Gasteiger partial charge in [-0.05, 0) is 44.5 Å². The second kappa shape index (κ2) is 6.55. The van der Waals surface area contributed by atoms with Crippen LogP contribution in [-0.2, 0) is 4.79 Å². The lowest BCUT2D eigenvalue weighted by molar-refractivity contribution is -0.118. The van der Waals surface area contributed by atoms with Gasteiger partial charge in [0.1, 0.15) is 0 Å². The zero-order valence-electron chi connectivity index (χ0n) is 11.1. The number of carbonyl (C=O) groups excluding carboxylic acids is 1. The lowest BCUT2D eigenvalue weighted by Crippen LogP contribution is -2.40. The van der Waals surface area contributed by atoms with Crippen molar-refractivity contribution >= 4 is 11.6 Å². The largest absolute Gasteiger partial charge is 0.317 e. The lowest BCUT2D eigenvalue weighted by atomic mass is 10.1. The van der Waals surface area contributed by atoms with E-state index >= 15 is 0 Å². The Kier molecular flexibility index (Phi) is 4.76. The summed E-state index contributed by atoms with van der Waals surface area (Å²) in [5.41, 5.74) is 1.04. The van der Waals surface area contributed by atoms with Crippen molar-refractivity contribution in [1.29, 1.82) is 0 Å². The maximum Gasteiger partial charge on any atom is 0.226 e. The Bertz CT molecular complexity index is 369. The average Bonchev–Trinajstić information content (AvgIpc) is 2.69. The van der Waals surface area contributed by atoms with Crippen molar-refractivity contribution in [1.82, 2.24) is 5.32 Å². The van der Waals surface area contributed by atoms with E-state index in [1.54, 1.807) is 0 Å². The number of hydrogen-bond donors (Lipinski definition) is 1.